The number of nitrogens with zero attached hydrogens (tertiary/aromatic N) is 3. The Morgan fingerprint density at radius 2 is 2.05 bits per heavy atom. The number of non-ortho nitro benzene ring substituents is 1. The lowest BCUT2D eigenvalue weighted by Crippen LogP contribution is -2.24. The van der Waals surface area contributed by atoms with Crippen molar-refractivity contribution in [2.24, 2.45) is 0 Å². The van der Waals surface area contributed by atoms with Crippen LogP contribution in [0.3, 0.4) is 0 Å². The third kappa shape index (κ3) is 3.43. The predicted octanol–water partition coefficient (Wildman–Crippen LogP) is 1.98. The Bertz CT molecular complexity index is 709. The van der Waals surface area contributed by atoms with Crippen LogP contribution in [0.4, 0.5) is 5.69 Å². The molecule has 0 aliphatic heterocycles. The summed E-state index contributed by atoms with van der Waals surface area (Å²) >= 11 is 0. The summed E-state index contributed by atoms with van der Waals surface area (Å²) in [6, 6.07) is 4.20. The van der Waals surface area contributed by atoms with Gasteiger partial charge in [-0.3, -0.25) is 19.5 Å². The minimum Gasteiger partial charge on any atom is -0.412 e. The normalized spacial score (nSPS) is 10.4. The molecule has 0 aliphatic rings. The van der Waals surface area contributed by atoms with Crippen LogP contribution in [-0.4, -0.2) is 20.0 Å². The third-order valence-corrected chi connectivity index (χ3v) is 3.32. The summed E-state index contributed by atoms with van der Waals surface area (Å²) in [6.07, 6.45) is 3.01. The predicted molar refractivity (Wildman–Crippen MR) is 80.5 cm³/mol. The minimum atomic E-state index is -0.500. The van der Waals surface area contributed by atoms with Crippen molar-refractivity contribution in [2.75, 3.05) is 0 Å². The number of nitro groups is 1. The number of aryl methyl sites for hydroxylation is 1. The largest absolute Gasteiger partial charge is 0.412 e. The topological polar surface area (TPSA) is 110 Å². The van der Waals surface area contributed by atoms with E-state index in [-0.39, 0.29) is 16.7 Å². The summed E-state index contributed by atoms with van der Waals surface area (Å²) in [6.45, 7) is 4.48. The Kier molecular flexibility index (Phi) is 5.54. The van der Waals surface area contributed by atoms with Gasteiger partial charge in [0.2, 0.25) is 0 Å². The smallest absolute Gasteiger partial charge is 0.270 e. The molecule has 7 heteroatoms. The Morgan fingerprint density at radius 1 is 1.33 bits per heavy atom. The molecule has 0 radical (unpaired) electrons. The standard InChI is InChI=1S/C14H17N3O3.H2O/c1-3-4-5-8-16-10(2)15-13-7-6-11(17(19)20)9-12(13)14(16)18;/h6-7,9H,3-5,8H2,1-2H3;1H2. The van der Waals surface area contributed by atoms with Crippen LogP contribution in [0.5, 0.6) is 0 Å². The summed E-state index contributed by atoms with van der Waals surface area (Å²) in [7, 11) is 0. The number of nitro benzene ring substituents is 1. The van der Waals surface area contributed by atoms with Crippen LogP contribution < -0.4 is 5.56 Å². The Hall–Kier alpha value is -2.28. The Labute approximate surface area is 121 Å². The summed E-state index contributed by atoms with van der Waals surface area (Å²) in [5.41, 5.74) is 0.220. The summed E-state index contributed by atoms with van der Waals surface area (Å²) in [5.74, 6) is 0.646. The van der Waals surface area contributed by atoms with Crippen molar-refractivity contribution in [3.8, 4) is 0 Å². The molecule has 0 saturated carbocycles. The molecule has 0 spiro atoms. The molecular formula is C14H19N3O4. The van der Waals surface area contributed by atoms with Crippen molar-refractivity contribution < 1.29 is 10.4 Å². The molecule has 0 amide bonds. The lowest BCUT2D eigenvalue weighted by Gasteiger charge is -2.10. The number of fused-ring (bicyclic) bond motifs is 1. The van der Waals surface area contributed by atoms with E-state index in [1.54, 1.807) is 11.5 Å². The van der Waals surface area contributed by atoms with Gasteiger partial charge in [0.25, 0.3) is 11.2 Å². The molecule has 0 saturated heterocycles. The van der Waals surface area contributed by atoms with Gasteiger partial charge in [0.05, 0.1) is 15.8 Å². The van der Waals surface area contributed by atoms with E-state index in [1.165, 1.54) is 18.2 Å². The first-order valence-electron chi connectivity index (χ1n) is 6.70. The van der Waals surface area contributed by atoms with E-state index < -0.39 is 4.92 Å². The van der Waals surface area contributed by atoms with Gasteiger partial charge in [-0.15, -0.1) is 0 Å². The summed E-state index contributed by atoms with van der Waals surface area (Å²) in [5, 5.41) is 11.1. The molecule has 7 nitrogen and oxygen atoms in total. The van der Waals surface area contributed by atoms with Gasteiger partial charge in [0, 0.05) is 18.7 Å². The number of hydrogen-bond donors (Lipinski definition) is 0. The Balaban J connectivity index is 0.00000220. The number of rotatable bonds is 5. The molecule has 2 N–H and O–H groups in total. The first kappa shape index (κ1) is 16.8. The summed E-state index contributed by atoms with van der Waals surface area (Å²) in [4.78, 5) is 27.1. The fraction of sp³-hybridized carbons (Fsp3) is 0.429. The van der Waals surface area contributed by atoms with Gasteiger partial charge in [-0.1, -0.05) is 19.8 Å². The quantitative estimate of drug-likeness (QED) is 0.476. The van der Waals surface area contributed by atoms with E-state index in [0.717, 1.165) is 19.3 Å². The zero-order valence-corrected chi connectivity index (χ0v) is 12.1. The molecule has 1 aromatic heterocycles. The van der Waals surface area contributed by atoms with E-state index >= 15 is 0 Å². The number of hydrogen-bond acceptors (Lipinski definition) is 4. The molecule has 1 aromatic carbocycles. The Morgan fingerprint density at radius 3 is 2.67 bits per heavy atom. The van der Waals surface area contributed by atoms with Crippen LogP contribution in [-0.2, 0) is 6.54 Å². The van der Waals surface area contributed by atoms with Gasteiger partial charge >= 0.3 is 0 Å². The van der Waals surface area contributed by atoms with Gasteiger partial charge in [0.1, 0.15) is 5.82 Å². The molecule has 21 heavy (non-hydrogen) atoms. The van der Waals surface area contributed by atoms with E-state index in [0.29, 0.717) is 23.3 Å². The molecule has 2 aromatic rings. The van der Waals surface area contributed by atoms with E-state index in [4.69, 9.17) is 0 Å². The van der Waals surface area contributed by atoms with Crippen molar-refractivity contribution in [3.05, 3.63) is 44.5 Å². The fourth-order valence-electron chi connectivity index (χ4n) is 2.22. The molecular weight excluding hydrogens is 274 g/mol. The van der Waals surface area contributed by atoms with Gasteiger partial charge in [-0.25, -0.2) is 4.98 Å². The number of benzene rings is 1. The highest BCUT2D eigenvalue weighted by molar-refractivity contribution is 5.80. The second kappa shape index (κ2) is 6.94. The van der Waals surface area contributed by atoms with Crippen LogP contribution in [0, 0.1) is 17.0 Å². The molecule has 0 fully saturated rings. The molecule has 0 bridgehead atoms. The maximum absolute atomic E-state index is 12.4. The van der Waals surface area contributed by atoms with Gasteiger partial charge in [0.15, 0.2) is 0 Å². The lowest BCUT2D eigenvalue weighted by atomic mass is 10.2. The van der Waals surface area contributed by atoms with Crippen LogP contribution >= 0.6 is 0 Å². The zero-order valence-electron chi connectivity index (χ0n) is 12.1. The lowest BCUT2D eigenvalue weighted by molar-refractivity contribution is -0.384. The number of aromatic nitrogens is 2. The van der Waals surface area contributed by atoms with E-state index in [1.807, 2.05) is 0 Å². The highest BCUT2D eigenvalue weighted by Gasteiger charge is 2.12. The van der Waals surface area contributed by atoms with Crippen molar-refractivity contribution in [2.45, 2.75) is 39.7 Å². The zero-order chi connectivity index (χ0) is 14.7. The first-order chi connectivity index (χ1) is 9.54. The van der Waals surface area contributed by atoms with E-state index in [9.17, 15) is 14.9 Å². The monoisotopic (exact) mass is 293 g/mol. The first-order valence-corrected chi connectivity index (χ1v) is 6.70. The van der Waals surface area contributed by atoms with Gasteiger partial charge in [-0.2, -0.15) is 0 Å². The van der Waals surface area contributed by atoms with Crippen molar-refractivity contribution in [3.63, 3.8) is 0 Å². The van der Waals surface area contributed by atoms with Crippen LogP contribution in [0.15, 0.2) is 23.0 Å². The second-order valence-corrected chi connectivity index (χ2v) is 4.78. The van der Waals surface area contributed by atoms with Gasteiger partial charge < -0.3 is 5.48 Å². The van der Waals surface area contributed by atoms with E-state index in [2.05, 4.69) is 11.9 Å². The number of unbranched alkanes of at least 4 members (excludes halogenated alkanes) is 2. The molecule has 1 heterocycles. The van der Waals surface area contributed by atoms with Crippen LogP contribution in [0.1, 0.15) is 32.0 Å². The van der Waals surface area contributed by atoms with Crippen LogP contribution in [0.25, 0.3) is 10.9 Å². The average Bonchev–Trinajstić information content (AvgIpc) is 2.42. The molecule has 0 aliphatic carbocycles. The van der Waals surface area contributed by atoms with Crippen molar-refractivity contribution >= 4 is 16.6 Å². The summed E-state index contributed by atoms with van der Waals surface area (Å²) < 4.78 is 1.60. The maximum atomic E-state index is 12.4. The molecule has 0 unspecified atom stereocenters. The van der Waals surface area contributed by atoms with Crippen molar-refractivity contribution in [1.29, 1.82) is 0 Å². The average molecular weight is 293 g/mol. The SMILES string of the molecule is CCCCCn1c(C)nc2ccc([N+](=O)[O-])cc2c1=O.O. The van der Waals surface area contributed by atoms with Crippen LogP contribution in [0.2, 0.25) is 0 Å². The minimum absolute atomic E-state index is 0. The second-order valence-electron chi connectivity index (χ2n) is 4.78. The van der Waals surface area contributed by atoms with Gasteiger partial charge in [-0.05, 0) is 19.4 Å². The highest BCUT2D eigenvalue weighted by Crippen LogP contribution is 2.17. The third-order valence-electron chi connectivity index (χ3n) is 3.32. The fourth-order valence-corrected chi connectivity index (χ4v) is 2.22. The molecule has 2 rings (SSSR count). The molecule has 114 valence electrons. The van der Waals surface area contributed by atoms with Crippen molar-refractivity contribution in [1.82, 2.24) is 9.55 Å². The molecule has 0 atom stereocenters. The highest BCUT2D eigenvalue weighted by atomic mass is 16.6. The maximum Gasteiger partial charge on any atom is 0.270 e.